The summed E-state index contributed by atoms with van der Waals surface area (Å²) >= 11 is 0. The van der Waals surface area contributed by atoms with Crippen LogP contribution in [0.1, 0.15) is 91.4 Å². The standard InChI is InChI=1S/C23H42O2/c1-18-17-19(2)21(20(18)11-7-5-4-6-8-16-24)12-9-13-22(25)23(3)14-10-15-23/h5,7,18-22,24-25H,4,6,8-17H2,1-3H3/b7-5-/t18?,19-,20+,21+,22?/m1/s1. The van der Waals surface area contributed by atoms with Gasteiger partial charge in [0.1, 0.15) is 0 Å². The summed E-state index contributed by atoms with van der Waals surface area (Å²) in [6, 6.07) is 0. The largest absolute Gasteiger partial charge is 0.396 e. The average molecular weight is 351 g/mol. The van der Waals surface area contributed by atoms with Crippen LogP contribution in [0.4, 0.5) is 0 Å². The first-order valence-electron chi connectivity index (χ1n) is 10.9. The molecule has 2 saturated carbocycles. The van der Waals surface area contributed by atoms with Gasteiger partial charge in [-0.3, -0.25) is 0 Å². The van der Waals surface area contributed by atoms with Crippen LogP contribution in [0.25, 0.3) is 0 Å². The van der Waals surface area contributed by atoms with Crippen molar-refractivity contribution in [3.63, 3.8) is 0 Å². The normalized spacial score (nSPS) is 32.8. The fourth-order valence-corrected chi connectivity index (χ4v) is 5.39. The Kier molecular flexibility index (Phi) is 8.48. The molecule has 0 heterocycles. The van der Waals surface area contributed by atoms with Crippen LogP contribution in [0.3, 0.4) is 0 Å². The van der Waals surface area contributed by atoms with Crippen molar-refractivity contribution in [3.05, 3.63) is 12.2 Å². The highest BCUT2D eigenvalue weighted by Crippen LogP contribution is 2.47. The summed E-state index contributed by atoms with van der Waals surface area (Å²) < 4.78 is 0. The molecule has 25 heavy (non-hydrogen) atoms. The zero-order valence-corrected chi connectivity index (χ0v) is 16.9. The first-order chi connectivity index (χ1) is 12.0. The molecule has 2 aliphatic rings. The van der Waals surface area contributed by atoms with Crippen LogP contribution in [0.5, 0.6) is 0 Å². The number of aliphatic hydroxyl groups is 2. The first kappa shape index (κ1) is 21.0. The van der Waals surface area contributed by atoms with E-state index in [0.29, 0.717) is 6.61 Å². The molecular weight excluding hydrogens is 308 g/mol. The number of unbranched alkanes of at least 4 members (excludes halogenated alkanes) is 2. The zero-order chi connectivity index (χ0) is 18.3. The quantitative estimate of drug-likeness (QED) is 0.369. The number of allylic oxidation sites excluding steroid dienone is 2. The number of aliphatic hydroxyl groups excluding tert-OH is 2. The fraction of sp³-hybridized carbons (Fsp3) is 0.913. The van der Waals surface area contributed by atoms with Crippen molar-refractivity contribution in [2.45, 2.75) is 97.5 Å². The van der Waals surface area contributed by atoms with E-state index < -0.39 is 0 Å². The molecule has 2 unspecified atom stereocenters. The van der Waals surface area contributed by atoms with E-state index in [2.05, 4.69) is 32.9 Å². The highest BCUT2D eigenvalue weighted by Gasteiger charge is 2.40. The van der Waals surface area contributed by atoms with Crippen molar-refractivity contribution >= 4 is 0 Å². The summed E-state index contributed by atoms with van der Waals surface area (Å²) in [5.41, 5.74) is 0.227. The fourth-order valence-electron chi connectivity index (χ4n) is 5.39. The topological polar surface area (TPSA) is 40.5 Å². The van der Waals surface area contributed by atoms with E-state index in [1.54, 1.807) is 0 Å². The molecule has 5 atom stereocenters. The molecule has 0 spiro atoms. The van der Waals surface area contributed by atoms with Gasteiger partial charge in [-0.15, -0.1) is 0 Å². The number of hydrogen-bond acceptors (Lipinski definition) is 2. The van der Waals surface area contributed by atoms with Gasteiger partial charge >= 0.3 is 0 Å². The van der Waals surface area contributed by atoms with Gasteiger partial charge < -0.3 is 10.2 Å². The summed E-state index contributed by atoms with van der Waals surface area (Å²) in [6.45, 7) is 7.46. The highest BCUT2D eigenvalue weighted by molar-refractivity contribution is 4.94. The van der Waals surface area contributed by atoms with Crippen LogP contribution in [0.2, 0.25) is 0 Å². The molecule has 2 fully saturated rings. The third kappa shape index (κ3) is 5.82. The van der Waals surface area contributed by atoms with E-state index in [1.807, 2.05) is 0 Å². The summed E-state index contributed by atoms with van der Waals surface area (Å²) in [5.74, 6) is 3.31. The molecule has 0 aliphatic heterocycles. The lowest BCUT2D eigenvalue weighted by atomic mass is 9.65. The van der Waals surface area contributed by atoms with Gasteiger partial charge in [-0.2, -0.15) is 0 Å². The maximum Gasteiger partial charge on any atom is 0.0593 e. The van der Waals surface area contributed by atoms with E-state index in [-0.39, 0.29) is 11.5 Å². The second-order valence-corrected chi connectivity index (χ2v) is 9.40. The first-order valence-corrected chi connectivity index (χ1v) is 10.9. The minimum atomic E-state index is -0.0831. The smallest absolute Gasteiger partial charge is 0.0593 e. The molecule has 146 valence electrons. The Bertz CT molecular complexity index is 399. The van der Waals surface area contributed by atoms with E-state index in [1.165, 1.54) is 44.9 Å². The second-order valence-electron chi connectivity index (χ2n) is 9.40. The predicted octanol–water partition coefficient (Wildman–Crippen LogP) is 5.73. The van der Waals surface area contributed by atoms with Crippen LogP contribution in [-0.2, 0) is 0 Å². The molecule has 0 amide bonds. The zero-order valence-electron chi connectivity index (χ0n) is 16.9. The minimum absolute atomic E-state index is 0.0831. The molecule has 0 saturated heterocycles. The summed E-state index contributed by atoms with van der Waals surface area (Å²) in [4.78, 5) is 0. The van der Waals surface area contributed by atoms with Gasteiger partial charge in [-0.1, -0.05) is 45.8 Å². The molecule has 2 nitrogen and oxygen atoms in total. The van der Waals surface area contributed by atoms with Crippen molar-refractivity contribution in [1.29, 1.82) is 0 Å². The van der Waals surface area contributed by atoms with Crippen molar-refractivity contribution in [2.75, 3.05) is 6.61 Å². The maximum atomic E-state index is 10.5. The van der Waals surface area contributed by atoms with Crippen LogP contribution >= 0.6 is 0 Å². The van der Waals surface area contributed by atoms with Crippen molar-refractivity contribution in [2.24, 2.45) is 29.1 Å². The number of rotatable bonds is 11. The maximum absolute atomic E-state index is 10.5. The Balaban J connectivity index is 1.74. The Morgan fingerprint density at radius 2 is 1.76 bits per heavy atom. The average Bonchev–Trinajstić information content (AvgIpc) is 2.82. The summed E-state index contributed by atoms with van der Waals surface area (Å²) in [7, 11) is 0. The van der Waals surface area contributed by atoms with Crippen LogP contribution in [0.15, 0.2) is 12.2 Å². The predicted molar refractivity (Wildman–Crippen MR) is 106 cm³/mol. The number of hydrogen-bond donors (Lipinski definition) is 2. The highest BCUT2D eigenvalue weighted by atomic mass is 16.3. The van der Waals surface area contributed by atoms with Crippen molar-refractivity contribution in [3.8, 4) is 0 Å². The Morgan fingerprint density at radius 3 is 2.40 bits per heavy atom. The van der Waals surface area contributed by atoms with Gasteiger partial charge in [0.15, 0.2) is 0 Å². The summed E-state index contributed by atoms with van der Waals surface area (Å²) in [5, 5.41) is 19.3. The molecule has 0 aromatic heterocycles. The monoisotopic (exact) mass is 350 g/mol. The lowest BCUT2D eigenvalue weighted by Crippen LogP contribution is -2.38. The van der Waals surface area contributed by atoms with E-state index >= 15 is 0 Å². The molecule has 0 radical (unpaired) electrons. The van der Waals surface area contributed by atoms with Gasteiger partial charge in [0.2, 0.25) is 0 Å². The van der Waals surface area contributed by atoms with E-state index in [4.69, 9.17) is 5.11 Å². The summed E-state index contributed by atoms with van der Waals surface area (Å²) in [6.07, 6.45) is 17.6. The third-order valence-corrected chi connectivity index (χ3v) is 7.42. The molecule has 0 bridgehead atoms. The Hall–Kier alpha value is -0.340. The van der Waals surface area contributed by atoms with Crippen LogP contribution in [-0.4, -0.2) is 22.9 Å². The lowest BCUT2D eigenvalue weighted by Gasteiger charge is -2.42. The molecule has 2 aliphatic carbocycles. The Labute approximate surface area is 156 Å². The van der Waals surface area contributed by atoms with Crippen LogP contribution < -0.4 is 0 Å². The van der Waals surface area contributed by atoms with Gasteiger partial charge in [0.05, 0.1) is 6.10 Å². The molecule has 2 N–H and O–H groups in total. The van der Waals surface area contributed by atoms with Gasteiger partial charge in [0, 0.05) is 6.61 Å². The van der Waals surface area contributed by atoms with E-state index in [9.17, 15) is 5.11 Å². The molecule has 2 rings (SSSR count). The van der Waals surface area contributed by atoms with Crippen molar-refractivity contribution in [1.82, 2.24) is 0 Å². The van der Waals surface area contributed by atoms with E-state index in [0.717, 1.165) is 49.4 Å². The van der Waals surface area contributed by atoms with Crippen molar-refractivity contribution < 1.29 is 10.2 Å². The SMILES string of the molecule is CC1C[C@@H](C)[C@H](CCCC(O)C2(C)CCC2)[C@H]1C/C=C\CCCCO. The minimum Gasteiger partial charge on any atom is -0.396 e. The molecular formula is C23H42O2. The molecule has 0 aromatic rings. The lowest BCUT2D eigenvalue weighted by molar-refractivity contribution is -0.0269. The van der Waals surface area contributed by atoms with Gasteiger partial charge in [-0.25, -0.2) is 0 Å². The second kappa shape index (κ2) is 10.1. The molecule has 2 heteroatoms. The van der Waals surface area contributed by atoms with Crippen LogP contribution in [0, 0.1) is 29.1 Å². The van der Waals surface area contributed by atoms with Gasteiger partial charge in [0.25, 0.3) is 0 Å². The van der Waals surface area contributed by atoms with Gasteiger partial charge in [-0.05, 0) is 86.9 Å². The third-order valence-electron chi connectivity index (χ3n) is 7.42. The Morgan fingerprint density at radius 1 is 1.04 bits per heavy atom. The molecule has 0 aromatic carbocycles.